The minimum absolute atomic E-state index is 0.135. The number of hydrogen-bond acceptors (Lipinski definition) is 4. The Hall–Kier alpha value is -0.910. The van der Waals surface area contributed by atoms with E-state index in [1.807, 2.05) is 20.8 Å². The van der Waals surface area contributed by atoms with Gasteiger partial charge in [-0.1, -0.05) is 0 Å². The van der Waals surface area contributed by atoms with Crippen LogP contribution < -0.4 is 5.32 Å². The zero-order valence-electron chi connectivity index (χ0n) is 12.6. The van der Waals surface area contributed by atoms with Crippen molar-refractivity contribution in [1.82, 2.24) is 15.1 Å². The summed E-state index contributed by atoms with van der Waals surface area (Å²) in [5.41, 5.74) is 2.30. The van der Waals surface area contributed by atoms with E-state index in [-0.39, 0.29) is 6.29 Å². The maximum absolute atomic E-state index is 5.47. The van der Waals surface area contributed by atoms with Gasteiger partial charge in [0, 0.05) is 32.0 Å². The summed E-state index contributed by atoms with van der Waals surface area (Å²) in [4.78, 5) is 0. The number of rotatable bonds is 10. The minimum atomic E-state index is -0.135. The first-order chi connectivity index (χ1) is 9.17. The predicted molar refractivity (Wildman–Crippen MR) is 76.2 cm³/mol. The topological polar surface area (TPSA) is 48.3 Å². The van der Waals surface area contributed by atoms with Crippen molar-refractivity contribution in [2.75, 3.05) is 26.3 Å². The molecular formula is C14H27N3O2. The summed E-state index contributed by atoms with van der Waals surface area (Å²) >= 11 is 0. The summed E-state index contributed by atoms with van der Waals surface area (Å²) in [5.74, 6) is 0. The molecule has 0 aliphatic heterocycles. The van der Waals surface area contributed by atoms with Crippen molar-refractivity contribution >= 4 is 0 Å². The summed E-state index contributed by atoms with van der Waals surface area (Å²) in [6.45, 7) is 12.1. The monoisotopic (exact) mass is 269 g/mol. The molecule has 0 radical (unpaired) electrons. The number of nitrogens with zero attached hydrogens (tertiary/aromatic N) is 2. The molecule has 0 aliphatic carbocycles. The van der Waals surface area contributed by atoms with Crippen LogP contribution in [0.1, 0.15) is 31.7 Å². The summed E-state index contributed by atoms with van der Waals surface area (Å²) in [6.07, 6.45) is 0.913. The van der Waals surface area contributed by atoms with Crippen LogP contribution in [0.2, 0.25) is 0 Å². The van der Waals surface area contributed by atoms with E-state index in [9.17, 15) is 0 Å². The third-order valence-electron chi connectivity index (χ3n) is 2.84. The number of hydrogen-bond donors (Lipinski definition) is 1. The van der Waals surface area contributed by atoms with Crippen molar-refractivity contribution in [1.29, 1.82) is 0 Å². The fourth-order valence-corrected chi connectivity index (χ4v) is 2.01. The highest BCUT2D eigenvalue weighted by Crippen LogP contribution is 2.02. The Balaban J connectivity index is 2.14. The van der Waals surface area contributed by atoms with Gasteiger partial charge in [-0.15, -0.1) is 0 Å². The first-order valence-corrected chi connectivity index (χ1v) is 7.12. The van der Waals surface area contributed by atoms with Crippen molar-refractivity contribution in [3.63, 3.8) is 0 Å². The summed E-state index contributed by atoms with van der Waals surface area (Å²) < 4.78 is 13.0. The number of ether oxygens (including phenoxy) is 2. The summed E-state index contributed by atoms with van der Waals surface area (Å²) in [7, 11) is 0. The molecule has 0 amide bonds. The maximum Gasteiger partial charge on any atom is 0.169 e. The van der Waals surface area contributed by atoms with Crippen molar-refractivity contribution in [2.24, 2.45) is 0 Å². The van der Waals surface area contributed by atoms with Crippen LogP contribution in [0.4, 0.5) is 0 Å². The van der Waals surface area contributed by atoms with Gasteiger partial charge in [0.25, 0.3) is 0 Å². The molecular weight excluding hydrogens is 242 g/mol. The van der Waals surface area contributed by atoms with E-state index in [1.165, 1.54) is 5.69 Å². The van der Waals surface area contributed by atoms with Crippen LogP contribution in [0, 0.1) is 13.8 Å². The summed E-state index contributed by atoms with van der Waals surface area (Å²) in [6, 6.07) is 2.10. The van der Waals surface area contributed by atoms with Crippen LogP contribution in [0.15, 0.2) is 6.07 Å². The normalized spacial score (nSPS) is 11.4. The van der Waals surface area contributed by atoms with Crippen LogP contribution in [0.3, 0.4) is 0 Å². The smallest absolute Gasteiger partial charge is 0.169 e. The van der Waals surface area contributed by atoms with Gasteiger partial charge in [0.1, 0.15) is 0 Å². The van der Waals surface area contributed by atoms with E-state index in [2.05, 4.69) is 28.1 Å². The molecule has 1 rings (SSSR count). The Morgan fingerprint density at radius 3 is 2.47 bits per heavy atom. The molecule has 0 atom stereocenters. The third-order valence-corrected chi connectivity index (χ3v) is 2.84. The predicted octanol–water partition coefficient (Wildman–Crippen LogP) is 1.88. The van der Waals surface area contributed by atoms with Crippen LogP contribution >= 0.6 is 0 Å². The molecule has 0 aliphatic rings. The second-order valence-electron chi connectivity index (χ2n) is 4.55. The molecule has 1 aromatic rings. The van der Waals surface area contributed by atoms with Crippen molar-refractivity contribution in [2.45, 2.75) is 47.0 Å². The molecule has 0 bridgehead atoms. The van der Waals surface area contributed by atoms with Crippen LogP contribution in [-0.4, -0.2) is 42.4 Å². The second-order valence-corrected chi connectivity index (χ2v) is 4.55. The number of aryl methyl sites for hydroxylation is 3. The molecule has 19 heavy (non-hydrogen) atoms. The lowest BCUT2D eigenvalue weighted by molar-refractivity contribution is -0.132. The lowest BCUT2D eigenvalue weighted by Gasteiger charge is -2.17. The van der Waals surface area contributed by atoms with Gasteiger partial charge < -0.3 is 14.8 Å². The lowest BCUT2D eigenvalue weighted by Crippen LogP contribution is -2.32. The first-order valence-electron chi connectivity index (χ1n) is 7.12. The van der Waals surface area contributed by atoms with Crippen molar-refractivity contribution in [3.05, 3.63) is 17.5 Å². The van der Waals surface area contributed by atoms with Crippen LogP contribution in [-0.2, 0) is 16.0 Å². The Kier molecular flexibility index (Phi) is 7.70. The average Bonchev–Trinajstić information content (AvgIpc) is 2.68. The van der Waals surface area contributed by atoms with Gasteiger partial charge in [-0.3, -0.25) is 4.68 Å². The SMILES string of the molecule is CCOC(CNCCCn1nc(C)cc1C)OCC. The Morgan fingerprint density at radius 2 is 1.95 bits per heavy atom. The Morgan fingerprint density at radius 1 is 1.26 bits per heavy atom. The zero-order chi connectivity index (χ0) is 14.1. The molecule has 5 heteroatoms. The third kappa shape index (κ3) is 6.18. The maximum atomic E-state index is 5.47. The number of nitrogens with one attached hydrogen (secondary N) is 1. The zero-order valence-corrected chi connectivity index (χ0v) is 12.6. The highest BCUT2D eigenvalue weighted by atomic mass is 16.7. The van der Waals surface area contributed by atoms with E-state index in [0.29, 0.717) is 13.2 Å². The van der Waals surface area contributed by atoms with E-state index in [0.717, 1.165) is 31.7 Å². The molecule has 5 nitrogen and oxygen atoms in total. The van der Waals surface area contributed by atoms with Crippen molar-refractivity contribution < 1.29 is 9.47 Å². The van der Waals surface area contributed by atoms with Crippen LogP contribution in [0.5, 0.6) is 0 Å². The molecule has 1 N–H and O–H groups in total. The first kappa shape index (κ1) is 16.1. The van der Waals surface area contributed by atoms with Crippen LogP contribution in [0.25, 0.3) is 0 Å². The molecule has 1 heterocycles. The fourth-order valence-electron chi connectivity index (χ4n) is 2.01. The molecule has 0 saturated carbocycles. The number of aromatic nitrogens is 2. The van der Waals surface area contributed by atoms with Gasteiger partial charge in [0.2, 0.25) is 0 Å². The fraction of sp³-hybridized carbons (Fsp3) is 0.786. The molecule has 110 valence electrons. The molecule has 0 fully saturated rings. The van der Waals surface area contributed by atoms with Gasteiger partial charge in [0.15, 0.2) is 6.29 Å². The quantitative estimate of drug-likeness (QED) is 0.520. The molecule has 0 spiro atoms. The molecule has 0 unspecified atom stereocenters. The standard InChI is InChI=1S/C14H27N3O2/c1-5-18-14(19-6-2)11-15-8-7-9-17-13(4)10-12(3)16-17/h10,14-15H,5-9,11H2,1-4H3. The van der Waals surface area contributed by atoms with E-state index < -0.39 is 0 Å². The van der Waals surface area contributed by atoms with E-state index in [1.54, 1.807) is 0 Å². The van der Waals surface area contributed by atoms with Gasteiger partial charge >= 0.3 is 0 Å². The molecule has 0 saturated heterocycles. The minimum Gasteiger partial charge on any atom is -0.352 e. The second kappa shape index (κ2) is 9.07. The van der Waals surface area contributed by atoms with Gasteiger partial charge in [-0.2, -0.15) is 5.10 Å². The van der Waals surface area contributed by atoms with E-state index >= 15 is 0 Å². The van der Waals surface area contributed by atoms with Gasteiger partial charge in [-0.25, -0.2) is 0 Å². The Labute approximate surface area is 116 Å². The highest BCUT2D eigenvalue weighted by Gasteiger charge is 2.06. The van der Waals surface area contributed by atoms with E-state index in [4.69, 9.17) is 9.47 Å². The molecule has 1 aromatic heterocycles. The Bertz CT molecular complexity index is 346. The summed E-state index contributed by atoms with van der Waals surface area (Å²) in [5, 5.41) is 7.80. The largest absolute Gasteiger partial charge is 0.352 e. The van der Waals surface area contributed by atoms with Gasteiger partial charge in [-0.05, 0) is 46.7 Å². The highest BCUT2D eigenvalue weighted by molar-refractivity contribution is 5.06. The average molecular weight is 269 g/mol. The van der Waals surface area contributed by atoms with Gasteiger partial charge in [0.05, 0.1) is 5.69 Å². The lowest BCUT2D eigenvalue weighted by atomic mass is 10.4. The molecule has 0 aromatic carbocycles. The van der Waals surface area contributed by atoms with Crippen molar-refractivity contribution in [3.8, 4) is 0 Å².